The molecular weight excluding hydrogens is 320 g/mol. The van der Waals surface area contributed by atoms with Crippen molar-refractivity contribution < 1.29 is 19.1 Å². The lowest BCUT2D eigenvalue weighted by atomic mass is 10.1. The van der Waals surface area contributed by atoms with Crippen LogP contribution in [0.25, 0.3) is 0 Å². The Morgan fingerprint density at radius 3 is 2.64 bits per heavy atom. The van der Waals surface area contributed by atoms with Crippen LogP contribution in [-0.4, -0.2) is 48.2 Å². The van der Waals surface area contributed by atoms with Crippen LogP contribution in [0.1, 0.15) is 39.2 Å². The molecule has 1 atom stereocenters. The van der Waals surface area contributed by atoms with Gasteiger partial charge in [0.1, 0.15) is 12.2 Å². The molecule has 0 spiro atoms. The van der Waals surface area contributed by atoms with Crippen molar-refractivity contribution in [2.24, 2.45) is 0 Å². The van der Waals surface area contributed by atoms with E-state index < -0.39 is 5.60 Å². The Bertz CT molecular complexity index is 569. The van der Waals surface area contributed by atoms with Crippen LogP contribution in [0.4, 0.5) is 4.79 Å². The number of nitrogens with zero attached hydrogens (tertiary/aromatic N) is 1. The maximum Gasteiger partial charge on any atom is 0.410 e. The minimum Gasteiger partial charge on any atom is -0.460 e. The molecule has 0 unspecified atom stereocenters. The molecule has 1 heterocycles. The van der Waals surface area contributed by atoms with E-state index in [4.69, 9.17) is 9.47 Å². The molecule has 0 saturated carbocycles. The number of hydrogen-bond donors (Lipinski definition) is 1. The Kier molecular flexibility index (Phi) is 6.82. The van der Waals surface area contributed by atoms with Gasteiger partial charge in [-0.25, -0.2) is 4.79 Å². The summed E-state index contributed by atoms with van der Waals surface area (Å²) in [5.41, 5.74) is 0.465. The summed E-state index contributed by atoms with van der Waals surface area (Å²) in [5.74, 6) is -0.240. The molecule has 1 aromatic rings. The fourth-order valence-electron chi connectivity index (χ4n) is 2.74. The largest absolute Gasteiger partial charge is 0.460 e. The van der Waals surface area contributed by atoms with Crippen molar-refractivity contribution in [3.8, 4) is 0 Å². The van der Waals surface area contributed by atoms with E-state index in [0.29, 0.717) is 19.5 Å². The zero-order valence-corrected chi connectivity index (χ0v) is 15.3. The van der Waals surface area contributed by atoms with Gasteiger partial charge in [0, 0.05) is 32.1 Å². The van der Waals surface area contributed by atoms with Crippen molar-refractivity contribution in [3.05, 3.63) is 35.9 Å². The number of hydrogen-bond acceptors (Lipinski definition) is 5. The average Bonchev–Trinajstić information content (AvgIpc) is 2.57. The monoisotopic (exact) mass is 348 g/mol. The highest BCUT2D eigenvalue weighted by Crippen LogP contribution is 2.15. The first-order valence-electron chi connectivity index (χ1n) is 8.75. The third-order valence-electron chi connectivity index (χ3n) is 3.89. The van der Waals surface area contributed by atoms with Crippen LogP contribution in [0, 0.1) is 0 Å². The number of carbonyl (C=O) groups excluding carboxylic acids is 2. The zero-order valence-electron chi connectivity index (χ0n) is 15.3. The van der Waals surface area contributed by atoms with Gasteiger partial charge in [0.2, 0.25) is 0 Å². The lowest BCUT2D eigenvalue weighted by Crippen LogP contribution is -2.53. The summed E-state index contributed by atoms with van der Waals surface area (Å²) in [6, 6.07) is 9.53. The van der Waals surface area contributed by atoms with E-state index in [1.165, 1.54) is 0 Å². The standard InChI is InChI=1S/C19H28N2O4/c1-19(2,3)25-17(22)10-9-16-13-20-11-12-21(16)18(23)24-14-15-7-5-4-6-8-15/h4-8,16,20H,9-14H2,1-3H3/t16-/m1/s1. The molecule has 1 aliphatic rings. The summed E-state index contributed by atoms with van der Waals surface area (Å²) in [4.78, 5) is 26.0. The molecule has 0 bridgehead atoms. The number of carbonyl (C=O) groups is 2. The molecule has 0 radical (unpaired) electrons. The van der Waals surface area contributed by atoms with Gasteiger partial charge in [-0.15, -0.1) is 0 Å². The third kappa shape index (κ3) is 6.74. The summed E-state index contributed by atoms with van der Waals surface area (Å²) in [7, 11) is 0. The normalized spacial score (nSPS) is 17.9. The summed E-state index contributed by atoms with van der Waals surface area (Å²) in [6.07, 6.45) is 0.508. The van der Waals surface area contributed by atoms with E-state index in [1.807, 2.05) is 51.1 Å². The van der Waals surface area contributed by atoms with Gasteiger partial charge < -0.3 is 19.7 Å². The average molecular weight is 348 g/mol. The Hall–Kier alpha value is -2.08. The highest BCUT2D eigenvalue weighted by molar-refractivity contribution is 5.70. The first-order chi connectivity index (χ1) is 11.8. The smallest absolute Gasteiger partial charge is 0.410 e. The number of amides is 1. The quantitative estimate of drug-likeness (QED) is 0.829. The lowest BCUT2D eigenvalue weighted by Gasteiger charge is -2.35. The first kappa shape index (κ1) is 19.2. The number of rotatable bonds is 5. The van der Waals surface area contributed by atoms with Crippen LogP contribution in [0.15, 0.2) is 30.3 Å². The maximum atomic E-state index is 12.4. The molecule has 1 amide bonds. The zero-order chi connectivity index (χ0) is 18.3. The van der Waals surface area contributed by atoms with Gasteiger partial charge in [0.15, 0.2) is 0 Å². The summed E-state index contributed by atoms with van der Waals surface area (Å²) in [5, 5.41) is 3.26. The highest BCUT2D eigenvalue weighted by Gasteiger charge is 2.28. The van der Waals surface area contributed by atoms with E-state index in [9.17, 15) is 9.59 Å². The predicted octanol–water partition coefficient (Wildman–Crippen LogP) is 2.72. The molecule has 138 valence electrons. The summed E-state index contributed by atoms with van der Waals surface area (Å²) >= 11 is 0. The van der Waals surface area contributed by atoms with Crippen LogP contribution in [0.2, 0.25) is 0 Å². The predicted molar refractivity (Wildman–Crippen MR) is 95.1 cm³/mol. The molecule has 1 aromatic carbocycles. The number of ether oxygens (including phenoxy) is 2. The van der Waals surface area contributed by atoms with Crippen LogP contribution in [-0.2, 0) is 20.9 Å². The maximum absolute atomic E-state index is 12.4. The molecule has 1 fully saturated rings. The second-order valence-electron chi connectivity index (χ2n) is 7.22. The van der Waals surface area contributed by atoms with Crippen LogP contribution >= 0.6 is 0 Å². The summed E-state index contributed by atoms with van der Waals surface area (Å²) < 4.78 is 10.8. The molecular formula is C19H28N2O4. The van der Waals surface area contributed by atoms with Gasteiger partial charge in [-0.2, -0.15) is 0 Å². The van der Waals surface area contributed by atoms with Gasteiger partial charge in [0.05, 0.1) is 0 Å². The number of nitrogens with one attached hydrogen (secondary N) is 1. The first-order valence-corrected chi connectivity index (χ1v) is 8.75. The van der Waals surface area contributed by atoms with Gasteiger partial charge in [0.25, 0.3) is 0 Å². The highest BCUT2D eigenvalue weighted by atomic mass is 16.6. The van der Waals surface area contributed by atoms with Crippen LogP contribution in [0.5, 0.6) is 0 Å². The molecule has 6 heteroatoms. The second-order valence-corrected chi connectivity index (χ2v) is 7.22. The van der Waals surface area contributed by atoms with E-state index in [0.717, 1.165) is 12.1 Å². The number of benzene rings is 1. The third-order valence-corrected chi connectivity index (χ3v) is 3.89. The topological polar surface area (TPSA) is 67.9 Å². The van der Waals surface area contributed by atoms with Crippen molar-refractivity contribution in [2.75, 3.05) is 19.6 Å². The Labute approximate surface area is 149 Å². The van der Waals surface area contributed by atoms with Crippen molar-refractivity contribution in [2.45, 2.75) is 51.9 Å². The van der Waals surface area contributed by atoms with Gasteiger partial charge in [-0.05, 0) is 32.8 Å². The minimum atomic E-state index is -0.490. The Morgan fingerprint density at radius 2 is 1.96 bits per heavy atom. The van der Waals surface area contributed by atoms with Gasteiger partial charge in [-0.3, -0.25) is 4.79 Å². The number of piperazine rings is 1. The van der Waals surface area contributed by atoms with Gasteiger partial charge >= 0.3 is 12.1 Å². The van der Waals surface area contributed by atoms with E-state index in [1.54, 1.807) is 4.90 Å². The minimum absolute atomic E-state index is 0.0652. The fraction of sp³-hybridized carbons (Fsp3) is 0.579. The Balaban J connectivity index is 1.84. The van der Waals surface area contributed by atoms with E-state index >= 15 is 0 Å². The molecule has 1 aliphatic heterocycles. The van der Waals surface area contributed by atoms with E-state index in [-0.39, 0.29) is 31.1 Å². The van der Waals surface area contributed by atoms with Crippen molar-refractivity contribution in [1.29, 1.82) is 0 Å². The fourth-order valence-corrected chi connectivity index (χ4v) is 2.74. The molecule has 25 heavy (non-hydrogen) atoms. The molecule has 1 N–H and O–H groups in total. The van der Waals surface area contributed by atoms with Crippen molar-refractivity contribution in [1.82, 2.24) is 10.2 Å². The van der Waals surface area contributed by atoms with Crippen molar-refractivity contribution >= 4 is 12.1 Å². The molecule has 0 aromatic heterocycles. The molecule has 6 nitrogen and oxygen atoms in total. The van der Waals surface area contributed by atoms with Crippen LogP contribution in [0.3, 0.4) is 0 Å². The van der Waals surface area contributed by atoms with E-state index in [2.05, 4.69) is 5.32 Å². The van der Waals surface area contributed by atoms with Crippen LogP contribution < -0.4 is 5.32 Å². The summed E-state index contributed by atoms with van der Waals surface area (Å²) in [6.45, 7) is 7.75. The molecule has 0 aliphatic carbocycles. The molecule has 1 saturated heterocycles. The second kappa shape index (κ2) is 8.85. The van der Waals surface area contributed by atoms with Crippen molar-refractivity contribution in [3.63, 3.8) is 0 Å². The Morgan fingerprint density at radius 1 is 1.24 bits per heavy atom. The molecule has 2 rings (SSSR count). The van der Waals surface area contributed by atoms with Gasteiger partial charge in [-0.1, -0.05) is 30.3 Å². The SMILES string of the molecule is CC(C)(C)OC(=O)CC[C@@H]1CNCCN1C(=O)OCc1ccccc1. The lowest BCUT2D eigenvalue weighted by molar-refractivity contribution is -0.155. The number of esters is 1.